The van der Waals surface area contributed by atoms with Crippen molar-refractivity contribution in [2.45, 2.75) is 18.8 Å². The van der Waals surface area contributed by atoms with E-state index in [2.05, 4.69) is 44.8 Å². The average molecular weight is 380 g/mol. The summed E-state index contributed by atoms with van der Waals surface area (Å²) in [6.07, 6.45) is 0.422. The molecule has 0 spiro atoms. The van der Waals surface area contributed by atoms with E-state index in [-0.39, 0.29) is 40.7 Å². The molecule has 0 fully saturated rings. The van der Waals surface area contributed by atoms with Crippen LogP contribution in [0.15, 0.2) is 65.5 Å². The van der Waals surface area contributed by atoms with Crippen molar-refractivity contribution in [1.29, 1.82) is 0 Å². The Bertz CT molecular complexity index is 960. The second-order valence-electron chi connectivity index (χ2n) is 6.13. The minimum Gasteiger partial charge on any atom is -0.355 e. The van der Waals surface area contributed by atoms with Crippen LogP contribution in [0.4, 0.5) is 0 Å². The number of hydrogen-bond acceptors (Lipinski definition) is 4. The molecular weight excluding hydrogens is 360 g/mol. The van der Waals surface area contributed by atoms with E-state index in [9.17, 15) is 9.59 Å². The molecule has 2 aromatic carbocycles. The SMILES string of the molecule is O=C(CCc1n[nH]c(=S)[nH]c1=O)NCC(c1ccccc1)c1ccccc1. The van der Waals surface area contributed by atoms with Gasteiger partial charge < -0.3 is 5.32 Å². The normalized spacial score (nSPS) is 10.7. The van der Waals surface area contributed by atoms with Crippen molar-refractivity contribution < 1.29 is 4.79 Å². The highest BCUT2D eigenvalue weighted by Gasteiger charge is 2.15. The predicted octanol–water partition coefficient (Wildman–Crippen LogP) is 2.71. The standard InChI is InChI=1S/C20H20N4O2S/c25-18(12-11-17-19(26)22-20(27)24-23-17)21-13-16(14-7-3-1-4-8-14)15-9-5-2-6-10-15/h1-10,16H,11-13H2,(H,21,25)(H2,22,24,26,27). The number of nitrogens with one attached hydrogen (secondary N) is 3. The Kier molecular flexibility index (Phi) is 6.27. The van der Waals surface area contributed by atoms with Crippen molar-refractivity contribution in [3.05, 3.63) is 92.6 Å². The number of carbonyl (C=O) groups excluding carboxylic acids is 1. The largest absolute Gasteiger partial charge is 0.355 e. The number of carbonyl (C=O) groups is 1. The summed E-state index contributed by atoms with van der Waals surface area (Å²) in [5, 5.41) is 9.39. The zero-order chi connectivity index (χ0) is 19.1. The molecule has 3 N–H and O–H groups in total. The van der Waals surface area contributed by atoms with Crippen LogP contribution in [0.25, 0.3) is 0 Å². The van der Waals surface area contributed by atoms with Crippen LogP contribution in [0.3, 0.4) is 0 Å². The van der Waals surface area contributed by atoms with E-state index in [4.69, 9.17) is 12.2 Å². The van der Waals surface area contributed by atoms with Crippen LogP contribution in [0.1, 0.15) is 29.2 Å². The molecule has 1 aromatic heterocycles. The summed E-state index contributed by atoms with van der Waals surface area (Å²) in [5.74, 6) is -0.0683. The van der Waals surface area contributed by atoms with Crippen molar-refractivity contribution in [3.8, 4) is 0 Å². The third-order valence-corrected chi connectivity index (χ3v) is 4.47. The number of benzene rings is 2. The minimum absolute atomic E-state index is 0.0608. The third-order valence-electron chi connectivity index (χ3n) is 4.28. The Morgan fingerprint density at radius 3 is 2.19 bits per heavy atom. The first-order chi connectivity index (χ1) is 13.1. The lowest BCUT2D eigenvalue weighted by atomic mass is 9.91. The first-order valence-electron chi connectivity index (χ1n) is 8.68. The van der Waals surface area contributed by atoms with Gasteiger partial charge in [0.2, 0.25) is 5.91 Å². The van der Waals surface area contributed by atoms with Gasteiger partial charge in [0, 0.05) is 25.3 Å². The van der Waals surface area contributed by atoms with Gasteiger partial charge >= 0.3 is 0 Å². The Morgan fingerprint density at radius 2 is 1.63 bits per heavy atom. The van der Waals surface area contributed by atoms with Crippen LogP contribution in [-0.2, 0) is 11.2 Å². The van der Waals surface area contributed by atoms with Crippen LogP contribution in [0, 0.1) is 4.77 Å². The number of aromatic nitrogens is 3. The highest BCUT2D eigenvalue weighted by molar-refractivity contribution is 7.71. The molecule has 3 rings (SSSR count). The van der Waals surface area contributed by atoms with Crippen LogP contribution >= 0.6 is 12.2 Å². The molecule has 3 aromatic rings. The van der Waals surface area contributed by atoms with Gasteiger partial charge in [0.15, 0.2) is 4.77 Å². The predicted molar refractivity (Wildman–Crippen MR) is 106 cm³/mol. The van der Waals surface area contributed by atoms with E-state index in [1.165, 1.54) is 0 Å². The van der Waals surface area contributed by atoms with Crippen molar-refractivity contribution in [3.63, 3.8) is 0 Å². The summed E-state index contributed by atoms with van der Waals surface area (Å²) in [5.41, 5.74) is 2.18. The lowest BCUT2D eigenvalue weighted by Crippen LogP contribution is -2.30. The van der Waals surface area contributed by atoms with Gasteiger partial charge in [0.05, 0.1) is 0 Å². The third kappa shape index (κ3) is 5.21. The van der Waals surface area contributed by atoms with Gasteiger partial charge in [-0.3, -0.25) is 19.7 Å². The Morgan fingerprint density at radius 1 is 1.04 bits per heavy atom. The summed E-state index contributed by atoms with van der Waals surface area (Å²) in [6.45, 7) is 0.480. The number of rotatable bonds is 7. The number of H-pyrrole nitrogens is 2. The second kappa shape index (κ2) is 9.05. The maximum atomic E-state index is 12.3. The molecule has 0 aliphatic heterocycles. The average Bonchev–Trinajstić information content (AvgIpc) is 2.69. The molecule has 0 radical (unpaired) electrons. The van der Waals surface area contributed by atoms with E-state index < -0.39 is 0 Å². The maximum absolute atomic E-state index is 12.3. The van der Waals surface area contributed by atoms with Gasteiger partial charge in [0.1, 0.15) is 5.69 Å². The van der Waals surface area contributed by atoms with Gasteiger partial charge in [-0.25, -0.2) is 0 Å². The van der Waals surface area contributed by atoms with Crippen LogP contribution < -0.4 is 10.9 Å². The summed E-state index contributed by atoms with van der Waals surface area (Å²) in [7, 11) is 0. The molecule has 0 saturated heterocycles. The van der Waals surface area contributed by atoms with Crippen molar-refractivity contribution in [2.24, 2.45) is 0 Å². The van der Waals surface area contributed by atoms with Gasteiger partial charge in [-0.15, -0.1) is 0 Å². The fraction of sp³-hybridized carbons (Fsp3) is 0.200. The second-order valence-corrected chi connectivity index (χ2v) is 6.54. The van der Waals surface area contributed by atoms with Crippen LogP contribution in [0.2, 0.25) is 0 Å². The Balaban J connectivity index is 1.64. The highest BCUT2D eigenvalue weighted by atomic mass is 32.1. The Hall–Kier alpha value is -3.06. The number of nitrogens with zero attached hydrogens (tertiary/aromatic N) is 1. The zero-order valence-electron chi connectivity index (χ0n) is 14.6. The summed E-state index contributed by atoms with van der Waals surface area (Å²) in [6, 6.07) is 20.1. The lowest BCUT2D eigenvalue weighted by Gasteiger charge is -2.19. The van der Waals surface area contributed by atoms with E-state index >= 15 is 0 Å². The van der Waals surface area contributed by atoms with Crippen molar-refractivity contribution in [2.75, 3.05) is 6.54 Å². The molecule has 27 heavy (non-hydrogen) atoms. The first-order valence-corrected chi connectivity index (χ1v) is 9.09. The molecule has 6 nitrogen and oxygen atoms in total. The summed E-state index contributed by atoms with van der Waals surface area (Å²) >= 11 is 4.81. The molecule has 138 valence electrons. The molecule has 0 unspecified atom stereocenters. The van der Waals surface area contributed by atoms with E-state index in [1.807, 2.05) is 36.4 Å². The Labute approximate surface area is 161 Å². The monoisotopic (exact) mass is 380 g/mol. The molecule has 1 amide bonds. The fourth-order valence-corrected chi connectivity index (χ4v) is 3.02. The molecule has 7 heteroatoms. The zero-order valence-corrected chi connectivity index (χ0v) is 15.5. The summed E-state index contributed by atoms with van der Waals surface area (Å²) in [4.78, 5) is 26.5. The fourth-order valence-electron chi connectivity index (χ4n) is 2.88. The van der Waals surface area contributed by atoms with E-state index in [1.54, 1.807) is 0 Å². The molecular formula is C20H20N4O2S. The smallest absolute Gasteiger partial charge is 0.273 e. The van der Waals surface area contributed by atoms with Gasteiger partial charge in [-0.2, -0.15) is 5.10 Å². The molecule has 0 atom stereocenters. The first kappa shape index (κ1) is 18.7. The quantitative estimate of drug-likeness (QED) is 0.550. The van der Waals surface area contributed by atoms with E-state index in [0.29, 0.717) is 6.54 Å². The molecule has 0 aliphatic carbocycles. The lowest BCUT2D eigenvalue weighted by molar-refractivity contribution is -0.121. The molecule has 0 bridgehead atoms. The number of aryl methyl sites for hydroxylation is 1. The van der Waals surface area contributed by atoms with Crippen LogP contribution in [0.5, 0.6) is 0 Å². The topological polar surface area (TPSA) is 90.6 Å². The van der Waals surface area contributed by atoms with Crippen LogP contribution in [-0.4, -0.2) is 27.6 Å². The highest BCUT2D eigenvalue weighted by Crippen LogP contribution is 2.23. The molecule has 1 heterocycles. The van der Waals surface area contributed by atoms with Crippen molar-refractivity contribution in [1.82, 2.24) is 20.5 Å². The maximum Gasteiger partial charge on any atom is 0.273 e. The number of hydrogen-bond donors (Lipinski definition) is 3. The summed E-state index contributed by atoms with van der Waals surface area (Å²) < 4.78 is 0.168. The number of aromatic amines is 2. The van der Waals surface area contributed by atoms with Gasteiger partial charge in [-0.05, 0) is 23.3 Å². The van der Waals surface area contributed by atoms with Crippen molar-refractivity contribution >= 4 is 18.1 Å². The van der Waals surface area contributed by atoms with Gasteiger partial charge in [0.25, 0.3) is 5.56 Å². The van der Waals surface area contributed by atoms with E-state index in [0.717, 1.165) is 11.1 Å². The molecule has 0 saturated carbocycles. The molecule has 0 aliphatic rings. The minimum atomic E-state index is -0.363. The van der Waals surface area contributed by atoms with Gasteiger partial charge in [-0.1, -0.05) is 60.7 Å². The number of amides is 1.